The molecule has 0 aromatic rings. The molecule has 0 spiro atoms. The van der Waals surface area contributed by atoms with Gasteiger partial charge in [0.15, 0.2) is 0 Å². The molecular formula is C8H19N3O2S. The summed E-state index contributed by atoms with van der Waals surface area (Å²) >= 11 is 0. The van der Waals surface area contributed by atoms with Crippen LogP contribution in [0.4, 0.5) is 0 Å². The van der Waals surface area contributed by atoms with Crippen molar-refractivity contribution in [2.24, 2.45) is 5.92 Å². The molecule has 0 amide bonds. The highest BCUT2D eigenvalue weighted by atomic mass is 32.2. The van der Waals surface area contributed by atoms with Gasteiger partial charge in [0.05, 0.1) is 0 Å². The zero-order valence-corrected chi connectivity index (χ0v) is 9.60. The smallest absolute Gasteiger partial charge is 0.279 e. The molecule has 1 rings (SSSR count). The minimum absolute atomic E-state index is 0.614. The second-order valence-corrected chi connectivity index (χ2v) is 5.48. The number of nitrogens with one attached hydrogen (secondary N) is 2. The summed E-state index contributed by atoms with van der Waals surface area (Å²) in [4.78, 5) is 0. The lowest BCUT2D eigenvalue weighted by Crippen LogP contribution is -2.44. The molecule has 0 aromatic heterocycles. The molecular weight excluding hydrogens is 202 g/mol. The third-order valence-corrected chi connectivity index (χ3v) is 4.23. The molecule has 84 valence electrons. The third kappa shape index (κ3) is 2.91. The first-order valence-electron chi connectivity index (χ1n) is 4.93. The molecule has 0 saturated carbocycles. The Morgan fingerprint density at radius 3 is 2.29 bits per heavy atom. The Labute approximate surface area is 86.0 Å². The van der Waals surface area contributed by atoms with Crippen molar-refractivity contribution in [3.8, 4) is 0 Å². The molecule has 0 atom stereocenters. The van der Waals surface area contributed by atoms with Crippen LogP contribution in [-0.2, 0) is 10.2 Å². The van der Waals surface area contributed by atoms with Gasteiger partial charge in [0, 0.05) is 20.1 Å². The minimum Gasteiger partial charge on any atom is -0.319 e. The number of rotatable bonds is 4. The molecule has 6 heteroatoms. The molecule has 5 nitrogen and oxygen atoms in total. The fraction of sp³-hybridized carbons (Fsp3) is 1.00. The van der Waals surface area contributed by atoms with E-state index in [0.29, 0.717) is 19.0 Å². The van der Waals surface area contributed by atoms with Crippen molar-refractivity contribution < 1.29 is 8.42 Å². The van der Waals surface area contributed by atoms with Gasteiger partial charge in [-0.15, -0.1) is 0 Å². The van der Waals surface area contributed by atoms with E-state index in [1.54, 1.807) is 0 Å². The maximum absolute atomic E-state index is 11.4. The summed E-state index contributed by atoms with van der Waals surface area (Å²) in [6.45, 7) is 2.25. The van der Waals surface area contributed by atoms with Gasteiger partial charge in [-0.05, 0) is 32.4 Å². The highest BCUT2D eigenvalue weighted by molar-refractivity contribution is 7.87. The maximum atomic E-state index is 11.4. The van der Waals surface area contributed by atoms with E-state index in [-0.39, 0.29) is 0 Å². The van der Waals surface area contributed by atoms with Crippen LogP contribution in [0.3, 0.4) is 0 Å². The Hall–Kier alpha value is -0.170. The van der Waals surface area contributed by atoms with Crippen LogP contribution >= 0.6 is 0 Å². The lowest BCUT2D eigenvalue weighted by Gasteiger charge is -2.30. The Morgan fingerprint density at radius 1 is 1.29 bits per heavy atom. The Balaban J connectivity index is 2.43. The van der Waals surface area contributed by atoms with E-state index in [1.165, 1.54) is 11.4 Å². The van der Waals surface area contributed by atoms with Gasteiger partial charge in [-0.25, -0.2) is 4.72 Å². The molecule has 0 aromatic carbocycles. The first kappa shape index (κ1) is 11.9. The lowest BCUT2D eigenvalue weighted by molar-refractivity contribution is 0.269. The van der Waals surface area contributed by atoms with E-state index in [1.807, 2.05) is 7.05 Å². The van der Waals surface area contributed by atoms with Crippen LogP contribution in [0.15, 0.2) is 0 Å². The Bertz CT molecular complexity index is 258. The predicted molar refractivity (Wildman–Crippen MR) is 56.2 cm³/mol. The lowest BCUT2D eigenvalue weighted by atomic mass is 9.98. The van der Waals surface area contributed by atoms with E-state index >= 15 is 0 Å². The van der Waals surface area contributed by atoms with Gasteiger partial charge in [-0.1, -0.05) is 0 Å². The highest BCUT2D eigenvalue weighted by Crippen LogP contribution is 2.17. The molecule has 2 N–H and O–H groups in total. The third-order valence-electron chi connectivity index (χ3n) is 2.66. The predicted octanol–water partition coefficient (Wildman–Crippen LogP) is -0.618. The molecule has 1 heterocycles. The molecule has 0 aliphatic carbocycles. The van der Waals surface area contributed by atoms with Gasteiger partial charge >= 0.3 is 0 Å². The maximum Gasteiger partial charge on any atom is 0.279 e. The van der Waals surface area contributed by atoms with Gasteiger partial charge in [-0.2, -0.15) is 12.7 Å². The summed E-state index contributed by atoms with van der Waals surface area (Å²) in [6, 6.07) is 0. The first-order valence-corrected chi connectivity index (χ1v) is 6.37. The van der Waals surface area contributed by atoms with E-state index in [0.717, 1.165) is 19.4 Å². The molecule has 0 unspecified atom stereocenters. The molecule has 1 fully saturated rings. The molecule has 1 aliphatic heterocycles. The van der Waals surface area contributed by atoms with Crippen molar-refractivity contribution in [1.82, 2.24) is 14.3 Å². The van der Waals surface area contributed by atoms with Crippen molar-refractivity contribution in [3.05, 3.63) is 0 Å². The Morgan fingerprint density at radius 2 is 1.86 bits per heavy atom. The van der Waals surface area contributed by atoms with Gasteiger partial charge in [-0.3, -0.25) is 0 Å². The number of hydrogen-bond donors (Lipinski definition) is 2. The average Bonchev–Trinajstić information content (AvgIpc) is 2.19. The van der Waals surface area contributed by atoms with Gasteiger partial charge < -0.3 is 5.32 Å². The van der Waals surface area contributed by atoms with E-state index < -0.39 is 10.2 Å². The second kappa shape index (κ2) is 5.06. The number of nitrogens with zero attached hydrogens (tertiary/aromatic N) is 1. The second-order valence-electron chi connectivity index (χ2n) is 3.61. The van der Waals surface area contributed by atoms with Gasteiger partial charge in [0.25, 0.3) is 10.2 Å². The molecule has 0 radical (unpaired) electrons. The van der Waals surface area contributed by atoms with Crippen molar-refractivity contribution in [3.63, 3.8) is 0 Å². The number of hydrogen-bond acceptors (Lipinski definition) is 3. The standard InChI is InChI=1S/C8H19N3O2S/c1-9-7-8-3-5-11(6-4-8)14(12,13)10-2/h8-10H,3-7H2,1-2H3. The fourth-order valence-corrected chi connectivity index (χ4v) is 2.72. The highest BCUT2D eigenvalue weighted by Gasteiger charge is 2.26. The first-order chi connectivity index (χ1) is 6.60. The summed E-state index contributed by atoms with van der Waals surface area (Å²) in [5.41, 5.74) is 0. The monoisotopic (exact) mass is 221 g/mol. The quantitative estimate of drug-likeness (QED) is 0.665. The summed E-state index contributed by atoms with van der Waals surface area (Å²) < 4.78 is 26.7. The summed E-state index contributed by atoms with van der Waals surface area (Å²) in [6.07, 6.45) is 1.89. The van der Waals surface area contributed by atoms with Crippen LogP contribution in [0.1, 0.15) is 12.8 Å². The van der Waals surface area contributed by atoms with E-state index in [9.17, 15) is 8.42 Å². The largest absolute Gasteiger partial charge is 0.319 e. The summed E-state index contributed by atoms with van der Waals surface area (Å²) in [5.74, 6) is 0.614. The van der Waals surface area contributed by atoms with E-state index in [2.05, 4.69) is 10.0 Å². The topological polar surface area (TPSA) is 61.4 Å². The van der Waals surface area contributed by atoms with E-state index in [4.69, 9.17) is 0 Å². The Kier molecular flexibility index (Phi) is 4.31. The van der Waals surface area contributed by atoms with Crippen LogP contribution in [0.25, 0.3) is 0 Å². The van der Waals surface area contributed by atoms with Crippen molar-refractivity contribution in [2.75, 3.05) is 33.7 Å². The molecule has 14 heavy (non-hydrogen) atoms. The average molecular weight is 221 g/mol. The van der Waals surface area contributed by atoms with Crippen LogP contribution in [0.2, 0.25) is 0 Å². The summed E-state index contributed by atoms with van der Waals surface area (Å²) in [7, 11) is 0.184. The van der Waals surface area contributed by atoms with Gasteiger partial charge in [0.2, 0.25) is 0 Å². The van der Waals surface area contributed by atoms with Crippen LogP contribution in [0, 0.1) is 5.92 Å². The molecule has 0 bridgehead atoms. The fourth-order valence-electron chi connectivity index (χ4n) is 1.77. The normalized spacial score (nSPS) is 21.3. The molecule has 1 saturated heterocycles. The van der Waals surface area contributed by atoms with Gasteiger partial charge in [0.1, 0.15) is 0 Å². The SMILES string of the molecule is CNCC1CCN(S(=O)(=O)NC)CC1. The van der Waals surface area contributed by atoms with Crippen LogP contribution < -0.4 is 10.0 Å². The van der Waals surface area contributed by atoms with Crippen LogP contribution in [-0.4, -0.2) is 46.5 Å². The number of piperidine rings is 1. The summed E-state index contributed by atoms with van der Waals surface area (Å²) in [5, 5.41) is 3.12. The van der Waals surface area contributed by atoms with Crippen molar-refractivity contribution >= 4 is 10.2 Å². The minimum atomic E-state index is -3.20. The molecule has 1 aliphatic rings. The van der Waals surface area contributed by atoms with Crippen molar-refractivity contribution in [1.29, 1.82) is 0 Å². The van der Waals surface area contributed by atoms with Crippen molar-refractivity contribution in [2.45, 2.75) is 12.8 Å². The zero-order chi connectivity index (χ0) is 10.6. The zero-order valence-electron chi connectivity index (χ0n) is 8.78. The van der Waals surface area contributed by atoms with Crippen LogP contribution in [0.5, 0.6) is 0 Å².